The maximum Gasteiger partial charge on any atom is 0.296 e. The van der Waals surface area contributed by atoms with Crippen molar-refractivity contribution >= 4 is 56.1 Å². The molecule has 0 unspecified atom stereocenters. The molecule has 33 heavy (non-hydrogen) atoms. The number of benzene rings is 2. The number of nitrogens with zero attached hydrogens (tertiary/aromatic N) is 3. The van der Waals surface area contributed by atoms with Crippen LogP contribution in [-0.2, 0) is 9.59 Å². The van der Waals surface area contributed by atoms with Crippen molar-refractivity contribution in [1.29, 1.82) is 0 Å². The summed E-state index contributed by atoms with van der Waals surface area (Å²) in [5.41, 5.74) is 2.06. The maximum absolute atomic E-state index is 13.2. The molecule has 1 aliphatic heterocycles. The van der Waals surface area contributed by atoms with Crippen LogP contribution in [0.25, 0.3) is 16.3 Å². The van der Waals surface area contributed by atoms with Crippen molar-refractivity contribution in [2.75, 3.05) is 4.90 Å². The summed E-state index contributed by atoms with van der Waals surface area (Å²) in [6.07, 6.45) is 6.18. The van der Waals surface area contributed by atoms with Gasteiger partial charge in [0, 0.05) is 17.4 Å². The highest BCUT2D eigenvalue weighted by Gasteiger charge is 2.45. The molecule has 4 aromatic rings. The summed E-state index contributed by atoms with van der Waals surface area (Å²) < 4.78 is 0.790. The number of carbonyl (C=O) groups is 2. The molecular formula is C25H16ClN3O3S. The number of aliphatic hydroxyl groups excluding tert-OH is 1. The highest BCUT2D eigenvalue weighted by Crippen LogP contribution is 2.43. The molecule has 0 bridgehead atoms. The third-order valence-electron chi connectivity index (χ3n) is 5.25. The van der Waals surface area contributed by atoms with Gasteiger partial charge in [-0.3, -0.25) is 19.5 Å². The minimum absolute atomic E-state index is 0.0162. The molecule has 0 saturated carbocycles. The van der Waals surface area contributed by atoms with E-state index < -0.39 is 23.5 Å². The Morgan fingerprint density at radius 2 is 1.94 bits per heavy atom. The van der Waals surface area contributed by atoms with Gasteiger partial charge in [-0.2, -0.15) is 0 Å². The predicted octanol–water partition coefficient (Wildman–Crippen LogP) is 5.53. The number of hydrogen-bond donors (Lipinski definition) is 1. The number of pyridine rings is 1. The number of carbonyl (C=O) groups excluding carboxylic acids is 2. The van der Waals surface area contributed by atoms with Gasteiger partial charge in [0.2, 0.25) is 0 Å². The summed E-state index contributed by atoms with van der Waals surface area (Å²) in [6, 6.07) is 17.2. The van der Waals surface area contributed by atoms with Gasteiger partial charge >= 0.3 is 0 Å². The summed E-state index contributed by atoms with van der Waals surface area (Å²) in [7, 11) is 0. The summed E-state index contributed by atoms with van der Waals surface area (Å²) in [4.78, 5) is 36.4. The van der Waals surface area contributed by atoms with Crippen LogP contribution < -0.4 is 4.90 Å². The van der Waals surface area contributed by atoms with Crippen molar-refractivity contribution in [2.45, 2.75) is 6.04 Å². The summed E-state index contributed by atoms with van der Waals surface area (Å²) in [5, 5.41) is 11.7. The van der Waals surface area contributed by atoms with Crippen LogP contribution in [0.4, 0.5) is 5.13 Å². The first-order valence-corrected chi connectivity index (χ1v) is 11.2. The van der Waals surface area contributed by atoms with E-state index >= 15 is 0 Å². The molecule has 162 valence electrons. The van der Waals surface area contributed by atoms with Gasteiger partial charge in [0.1, 0.15) is 0 Å². The lowest BCUT2D eigenvalue weighted by atomic mass is 9.97. The van der Waals surface area contributed by atoms with Crippen LogP contribution in [0, 0.1) is 0 Å². The van der Waals surface area contributed by atoms with Crippen molar-refractivity contribution < 1.29 is 14.7 Å². The molecular weight excluding hydrogens is 458 g/mol. The zero-order valence-electron chi connectivity index (χ0n) is 17.1. The Hall–Kier alpha value is -3.81. The fraction of sp³-hybridized carbons (Fsp3) is 0.0400. The topological polar surface area (TPSA) is 83.4 Å². The largest absolute Gasteiger partial charge is 0.503 e. The van der Waals surface area contributed by atoms with E-state index in [9.17, 15) is 14.7 Å². The van der Waals surface area contributed by atoms with E-state index in [1.807, 2.05) is 30.3 Å². The fourth-order valence-electron chi connectivity index (χ4n) is 3.72. The monoisotopic (exact) mass is 473 g/mol. The van der Waals surface area contributed by atoms with Gasteiger partial charge in [0.25, 0.3) is 5.91 Å². The number of fused-ring (bicyclic) bond motifs is 1. The van der Waals surface area contributed by atoms with E-state index in [4.69, 9.17) is 11.6 Å². The van der Waals surface area contributed by atoms with Crippen molar-refractivity contribution in [3.8, 4) is 0 Å². The SMILES string of the molecule is O=C(/C=C/c1ccccc1)C1=C(O)C(=O)N(c2nc3ccc(Cl)cc3s2)[C@H]1c1cccnc1. The Kier molecular flexibility index (Phi) is 5.50. The number of aliphatic hydroxyl groups is 1. The Morgan fingerprint density at radius 3 is 2.70 bits per heavy atom. The van der Waals surface area contributed by atoms with Crippen molar-refractivity contribution in [2.24, 2.45) is 0 Å². The first-order valence-electron chi connectivity index (χ1n) is 10.0. The standard InChI is InChI=1S/C25H16ClN3O3S/c26-17-9-10-18-20(13-17)33-25(28-18)29-22(16-7-4-12-27-14-16)21(23(31)24(29)32)19(30)11-8-15-5-2-1-3-6-15/h1-14,22,31H/b11-8+/t22-/m0/s1. The molecule has 0 fully saturated rings. The fourth-order valence-corrected chi connectivity index (χ4v) is 4.99. The lowest BCUT2D eigenvalue weighted by Gasteiger charge is -2.23. The number of halogens is 1. The molecule has 0 spiro atoms. The zero-order chi connectivity index (χ0) is 22.9. The molecule has 1 N–H and O–H groups in total. The number of rotatable bonds is 5. The van der Waals surface area contributed by atoms with E-state index in [0.717, 1.165) is 10.3 Å². The minimum atomic E-state index is -0.866. The highest BCUT2D eigenvalue weighted by molar-refractivity contribution is 7.22. The Bertz CT molecular complexity index is 1430. The third-order valence-corrected chi connectivity index (χ3v) is 6.50. The number of aromatic nitrogens is 2. The lowest BCUT2D eigenvalue weighted by Crippen LogP contribution is -2.30. The molecule has 1 atom stereocenters. The van der Waals surface area contributed by atoms with Crippen molar-refractivity contribution in [3.63, 3.8) is 0 Å². The van der Waals surface area contributed by atoms with Crippen LogP contribution >= 0.6 is 22.9 Å². The molecule has 0 saturated heterocycles. The Morgan fingerprint density at radius 1 is 1.12 bits per heavy atom. The maximum atomic E-state index is 13.2. The number of anilines is 1. The highest BCUT2D eigenvalue weighted by atomic mass is 35.5. The van der Waals surface area contributed by atoms with Crippen LogP contribution in [-0.4, -0.2) is 26.8 Å². The van der Waals surface area contributed by atoms with E-state index in [1.54, 1.807) is 48.8 Å². The third kappa shape index (κ3) is 3.92. The number of ketones is 1. The van der Waals surface area contributed by atoms with Crippen molar-refractivity contribution in [1.82, 2.24) is 9.97 Å². The average molecular weight is 474 g/mol. The molecule has 0 aliphatic carbocycles. The summed E-state index contributed by atoms with van der Waals surface area (Å²) in [5.74, 6) is -1.75. The molecule has 5 rings (SSSR count). The van der Waals surface area contributed by atoms with E-state index in [2.05, 4.69) is 9.97 Å². The van der Waals surface area contributed by atoms with E-state index in [-0.39, 0.29) is 5.57 Å². The number of amides is 1. The second-order valence-corrected chi connectivity index (χ2v) is 8.79. The van der Waals surface area contributed by atoms with Crippen LogP contribution in [0.1, 0.15) is 17.2 Å². The normalized spacial score (nSPS) is 16.3. The van der Waals surface area contributed by atoms with Gasteiger partial charge in [0.15, 0.2) is 16.7 Å². The second-order valence-electron chi connectivity index (χ2n) is 7.34. The number of allylic oxidation sites excluding steroid dienone is 1. The summed E-state index contributed by atoms with van der Waals surface area (Å²) in [6.45, 7) is 0. The molecule has 2 aromatic carbocycles. The Labute approximate surface area is 198 Å². The quantitative estimate of drug-likeness (QED) is 0.385. The van der Waals surface area contributed by atoms with Gasteiger partial charge in [-0.05, 0) is 41.5 Å². The lowest BCUT2D eigenvalue weighted by molar-refractivity contribution is -0.117. The zero-order valence-corrected chi connectivity index (χ0v) is 18.6. The first kappa shape index (κ1) is 21.1. The molecule has 1 amide bonds. The van der Waals surface area contributed by atoms with Gasteiger partial charge < -0.3 is 5.11 Å². The molecule has 0 radical (unpaired) electrons. The number of thiazole rings is 1. The van der Waals surface area contributed by atoms with Gasteiger partial charge in [-0.15, -0.1) is 0 Å². The molecule has 2 aromatic heterocycles. The predicted molar refractivity (Wildman–Crippen MR) is 129 cm³/mol. The smallest absolute Gasteiger partial charge is 0.296 e. The van der Waals surface area contributed by atoms with Crippen LogP contribution in [0.2, 0.25) is 5.02 Å². The molecule has 6 nitrogen and oxygen atoms in total. The van der Waals surface area contributed by atoms with Crippen LogP contribution in [0.3, 0.4) is 0 Å². The van der Waals surface area contributed by atoms with Crippen LogP contribution in [0.15, 0.2) is 90.5 Å². The first-order chi connectivity index (χ1) is 16.0. The summed E-state index contributed by atoms with van der Waals surface area (Å²) >= 11 is 7.36. The van der Waals surface area contributed by atoms with Crippen molar-refractivity contribution in [3.05, 3.63) is 107 Å². The molecule has 1 aliphatic rings. The average Bonchev–Trinajstić information content (AvgIpc) is 3.36. The second kappa shape index (κ2) is 8.61. The number of hydrogen-bond acceptors (Lipinski definition) is 6. The van der Waals surface area contributed by atoms with Gasteiger partial charge in [-0.1, -0.05) is 65.4 Å². The minimum Gasteiger partial charge on any atom is -0.503 e. The van der Waals surface area contributed by atoms with E-state index in [0.29, 0.717) is 21.2 Å². The molecule has 8 heteroatoms. The van der Waals surface area contributed by atoms with E-state index in [1.165, 1.54) is 22.3 Å². The van der Waals surface area contributed by atoms with Gasteiger partial charge in [0.05, 0.1) is 21.8 Å². The Balaban J connectivity index is 1.59. The van der Waals surface area contributed by atoms with Gasteiger partial charge in [-0.25, -0.2) is 4.98 Å². The van der Waals surface area contributed by atoms with Crippen LogP contribution in [0.5, 0.6) is 0 Å². The molecule has 3 heterocycles.